The summed E-state index contributed by atoms with van der Waals surface area (Å²) >= 11 is 0. The fraction of sp³-hybridized carbons (Fsp3) is 0.240. The number of nitrogens with one attached hydrogen (secondary N) is 3. The molecule has 0 spiro atoms. The van der Waals surface area contributed by atoms with Gasteiger partial charge < -0.3 is 10.6 Å². The standard InChI is InChI=1S/C23H21N5O.C2H6/c1-24-13-14-5-7-15(8-6-14)19-21(16-9-11-25-12-10-16)26-18-4-2-3-17-20(18)22(19)27-28-23(17)29;1-2/h2-12,19,21,24,26H,13H2,1H3,(H,28,29);1-2H3. The molecular formula is C25H27N5O. The van der Waals surface area contributed by atoms with Crippen LogP contribution in [0.3, 0.4) is 0 Å². The smallest absolute Gasteiger partial charge is 0.272 e. The second-order valence-corrected chi connectivity index (χ2v) is 7.32. The lowest BCUT2D eigenvalue weighted by atomic mass is 9.80. The van der Waals surface area contributed by atoms with Crippen molar-refractivity contribution in [2.45, 2.75) is 32.4 Å². The van der Waals surface area contributed by atoms with Crippen LogP contribution in [0.4, 0.5) is 5.69 Å². The predicted octanol–water partition coefficient (Wildman–Crippen LogP) is 4.36. The predicted molar refractivity (Wildman–Crippen MR) is 125 cm³/mol. The Labute approximate surface area is 181 Å². The van der Waals surface area contributed by atoms with Gasteiger partial charge in [-0.05, 0) is 48.0 Å². The van der Waals surface area contributed by atoms with E-state index in [1.807, 2.05) is 51.2 Å². The van der Waals surface area contributed by atoms with E-state index in [1.165, 1.54) is 5.56 Å². The summed E-state index contributed by atoms with van der Waals surface area (Å²) < 4.78 is 0. The average molecular weight is 414 g/mol. The maximum absolute atomic E-state index is 12.4. The molecule has 2 aromatic carbocycles. The van der Waals surface area contributed by atoms with Crippen LogP contribution in [0.5, 0.6) is 0 Å². The van der Waals surface area contributed by atoms with E-state index < -0.39 is 0 Å². The van der Waals surface area contributed by atoms with E-state index in [9.17, 15) is 4.79 Å². The molecule has 2 atom stereocenters. The van der Waals surface area contributed by atoms with Crippen molar-refractivity contribution in [3.05, 3.63) is 99.7 Å². The van der Waals surface area contributed by atoms with Gasteiger partial charge >= 0.3 is 0 Å². The minimum atomic E-state index is -0.169. The Hall–Kier alpha value is -3.51. The molecule has 0 bridgehead atoms. The maximum atomic E-state index is 12.4. The van der Waals surface area contributed by atoms with Gasteiger partial charge in [0.25, 0.3) is 5.56 Å². The summed E-state index contributed by atoms with van der Waals surface area (Å²) in [7, 11) is 1.94. The number of benzene rings is 2. The number of hydrogen-bond donors (Lipinski definition) is 3. The number of nitrogens with zero attached hydrogens (tertiary/aromatic N) is 2. The van der Waals surface area contributed by atoms with Crippen LogP contribution >= 0.6 is 0 Å². The zero-order valence-corrected chi connectivity index (χ0v) is 18.0. The molecule has 2 unspecified atom stereocenters. The van der Waals surface area contributed by atoms with Gasteiger partial charge in [-0.2, -0.15) is 5.10 Å². The fourth-order valence-electron chi connectivity index (χ4n) is 4.24. The summed E-state index contributed by atoms with van der Waals surface area (Å²) in [5, 5.41) is 15.6. The molecule has 0 radical (unpaired) electrons. The van der Waals surface area contributed by atoms with Crippen LogP contribution in [-0.2, 0) is 6.54 Å². The van der Waals surface area contributed by atoms with Gasteiger partial charge in [-0.3, -0.25) is 9.78 Å². The minimum Gasteiger partial charge on any atom is -0.377 e. The highest BCUT2D eigenvalue weighted by Gasteiger charge is 2.34. The fourth-order valence-corrected chi connectivity index (χ4v) is 4.24. The van der Waals surface area contributed by atoms with Crippen molar-refractivity contribution in [3.63, 3.8) is 0 Å². The van der Waals surface area contributed by atoms with Crippen LogP contribution in [0, 0.1) is 0 Å². The number of H-pyrrole nitrogens is 1. The largest absolute Gasteiger partial charge is 0.377 e. The lowest BCUT2D eigenvalue weighted by Gasteiger charge is -2.34. The molecule has 1 aliphatic heterocycles. The first-order chi connectivity index (χ1) is 15.3. The Kier molecular flexibility index (Phi) is 6.09. The van der Waals surface area contributed by atoms with Crippen molar-refractivity contribution in [1.29, 1.82) is 0 Å². The topological polar surface area (TPSA) is 82.7 Å². The van der Waals surface area contributed by atoms with Crippen molar-refractivity contribution < 1.29 is 0 Å². The third kappa shape index (κ3) is 3.82. The molecule has 6 nitrogen and oxygen atoms in total. The third-order valence-electron chi connectivity index (χ3n) is 5.57. The molecular weight excluding hydrogens is 386 g/mol. The summed E-state index contributed by atoms with van der Waals surface area (Å²) in [6.45, 7) is 4.82. The Balaban J connectivity index is 0.00000112. The first-order valence-corrected chi connectivity index (χ1v) is 10.7. The zero-order chi connectivity index (χ0) is 21.8. The highest BCUT2D eigenvalue weighted by molar-refractivity contribution is 5.97. The van der Waals surface area contributed by atoms with E-state index in [0.29, 0.717) is 5.39 Å². The van der Waals surface area contributed by atoms with Crippen LogP contribution in [-0.4, -0.2) is 22.2 Å². The summed E-state index contributed by atoms with van der Waals surface area (Å²) in [5.41, 5.74) is 5.14. The van der Waals surface area contributed by atoms with Crippen LogP contribution in [0.15, 0.2) is 71.8 Å². The van der Waals surface area contributed by atoms with Crippen molar-refractivity contribution >= 4 is 16.5 Å². The summed E-state index contributed by atoms with van der Waals surface area (Å²) in [6, 6.07) is 18.4. The van der Waals surface area contributed by atoms with Gasteiger partial charge in [0.15, 0.2) is 0 Å². The number of aromatic amines is 1. The Bertz CT molecular complexity index is 1220. The molecule has 3 N–H and O–H groups in total. The normalized spacial score (nSPS) is 16.9. The SMILES string of the molecule is CC.CNCc1ccc(C2c3n[nH]c(=O)c4cccc(c34)NC2c2ccncc2)cc1. The molecule has 0 aliphatic carbocycles. The Morgan fingerprint density at radius 2 is 1.71 bits per heavy atom. The van der Waals surface area contributed by atoms with Crippen LogP contribution in [0.25, 0.3) is 10.8 Å². The number of rotatable bonds is 4. The van der Waals surface area contributed by atoms with Crippen molar-refractivity contribution in [1.82, 2.24) is 20.5 Å². The van der Waals surface area contributed by atoms with Crippen LogP contribution in [0.1, 0.15) is 48.2 Å². The quantitative estimate of drug-likeness (QED) is 0.463. The number of pyridine rings is 1. The van der Waals surface area contributed by atoms with E-state index in [4.69, 9.17) is 0 Å². The van der Waals surface area contributed by atoms with Crippen molar-refractivity contribution in [3.8, 4) is 0 Å². The Morgan fingerprint density at radius 1 is 0.968 bits per heavy atom. The molecule has 3 heterocycles. The molecule has 2 aromatic heterocycles. The zero-order valence-electron chi connectivity index (χ0n) is 18.0. The van der Waals surface area contributed by atoms with E-state index in [1.54, 1.807) is 12.4 Å². The molecule has 31 heavy (non-hydrogen) atoms. The Morgan fingerprint density at radius 3 is 2.42 bits per heavy atom. The second kappa shape index (κ2) is 9.10. The molecule has 0 amide bonds. The van der Waals surface area contributed by atoms with E-state index in [-0.39, 0.29) is 17.5 Å². The van der Waals surface area contributed by atoms with Gasteiger partial charge in [0.05, 0.1) is 23.0 Å². The summed E-state index contributed by atoms with van der Waals surface area (Å²) in [5.74, 6) is -0.0460. The van der Waals surface area contributed by atoms with Gasteiger partial charge in [0.1, 0.15) is 0 Å². The number of anilines is 1. The first kappa shape index (κ1) is 20.8. The van der Waals surface area contributed by atoms with E-state index in [0.717, 1.165) is 34.4 Å². The monoisotopic (exact) mass is 413 g/mol. The van der Waals surface area contributed by atoms with E-state index in [2.05, 4.69) is 50.1 Å². The molecule has 5 rings (SSSR count). The van der Waals surface area contributed by atoms with Gasteiger partial charge in [-0.25, -0.2) is 5.10 Å². The van der Waals surface area contributed by atoms with Gasteiger partial charge in [-0.1, -0.05) is 44.2 Å². The van der Waals surface area contributed by atoms with Gasteiger partial charge in [0.2, 0.25) is 0 Å². The summed E-state index contributed by atoms with van der Waals surface area (Å²) in [4.78, 5) is 16.5. The lowest BCUT2D eigenvalue weighted by Crippen LogP contribution is -2.28. The van der Waals surface area contributed by atoms with Crippen LogP contribution < -0.4 is 16.2 Å². The molecule has 4 aromatic rings. The molecule has 158 valence electrons. The number of aromatic nitrogens is 3. The molecule has 0 saturated heterocycles. The third-order valence-corrected chi connectivity index (χ3v) is 5.57. The van der Waals surface area contributed by atoms with Crippen LogP contribution in [0.2, 0.25) is 0 Å². The molecule has 6 heteroatoms. The average Bonchev–Trinajstić information content (AvgIpc) is 2.83. The highest BCUT2D eigenvalue weighted by Crippen LogP contribution is 2.46. The van der Waals surface area contributed by atoms with Crippen molar-refractivity contribution in [2.24, 2.45) is 0 Å². The van der Waals surface area contributed by atoms with Gasteiger partial charge in [0, 0.05) is 30.0 Å². The molecule has 0 fully saturated rings. The molecule has 0 saturated carbocycles. The highest BCUT2D eigenvalue weighted by atomic mass is 16.1. The maximum Gasteiger partial charge on any atom is 0.272 e. The summed E-state index contributed by atoms with van der Waals surface area (Å²) in [6.07, 6.45) is 3.61. The number of hydrogen-bond acceptors (Lipinski definition) is 5. The van der Waals surface area contributed by atoms with E-state index >= 15 is 0 Å². The lowest BCUT2D eigenvalue weighted by molar-refractivity contribution is 0.637. The second-order valence-electron chi connectivity index (χ2n) is 7.32. The molecule has 1 aliphatic rings. The first-order valence-electron chi connectivity index (χ1n) is 10.7. The van der Waals surface area contributed by atoms with Crippen molar-refractivity contribution in [2.75, 3.05) is 12.4 Å². The van der Waals surface area contributed by atoms with Gasteiger partial charge in [-0.15, -0.1) is 0 Å². The minimum absolute atomic E-state index is 0.0235.